The molecular formula is C65H125N5. The smallest absolute Gasteiger partial charge is 0.0186 e. The summed E-state index contributed by atoms with van der Waals surface area (Å²) >= 11 is 0. The zero-order valence-electron chi connectivity index (χ0n) is 51.0. The van der Waals surface area contributed by atoms with Crippen LogP contribution in [0.4, 0.5) is 0 Å². The van der Waals surface area contributed by atoms with Crippen molar-refractivity contribution in [1.29, 1.82) is 0 Å². The highest BCUT2D eigenvalue weighted by molar-refractivity contribution is 5.17. The van der Waals surface area contributed by atoms with Crippen LogP contribution in [-0.2, 0) is 12.8 Å². The fraction of sp³-hybridized carbons (Fsp3) is 0.815. The summed E-state index contributed by atoms with van der Waals surface area (Å²) in [5, 5.41) is 18.5. The first kappa shape index (κ1) is 68.2. The molecule has 0 aromatic heterocycles. The molecule has 0 heterocycles. The van der Waals surface area contributed by atoms with Gasteiger partial charge in [0.2, 0.25) is 0 Å². The number of rotatable bonds is 24. The Morgan fingerprint density at radius 3 is 0.986 bits per heavy atom. The molecule has 0 amide bonds. The molecule has 0 unspecified atom stereocenters. The van der Waals surface area contributed by atoms with Crippen LogP contribution in [0, 0.1) is 29.6 Å². The van der Waals surface area contributed by atoms with Crippen molar-refractivity contribution in [2.24, 2.45) is 29.6 Å². The van der Waals surface area contributed by atoms with Gasteiger partial charge >= 0.3 is 0 Å². The van der Waals surface area contributed by atoms with E-state index in [4.69, 9.17) is 0 Å². The van der Waals surface area contributed by atoms with Gasteiger partial charge in [-0.2, -0.15) is 0 Å². The molecule has 2 aromatic carbocycles. The molecule has 4 rings (SSSR count). The maximum Gasteiger partial charge on any atom is 0.0186 e. The van der Waals surface area contributed by atoms with Crippen LogP contribution in [0.3, 0.4) is 0 Å². The van der Waals surface area contributed by atoms with Crippen molar-refractivity contribution in [3.63, 3.8) is 0 Å². The van der Waals surface area contributed by atoms with Crippen LogP contribution in [0.2, 0.25) is 0 Å². The minimum atomic E-state index is 0.294. The third kappa shape index (κ3) is 37.0. The summed E-state index contributed by atoms with van der Waals surface area (Å²) in [5.74, 6) is 3.92. The Labute approximate surface area is 440 Å². The third-order valence-corrected chi connectivity index (χ3v) is 13.1. The molecule has 2 fully saturated rings. The molecule has 0 spiro atoms. The predicted molar refractivity (Wildman–Crippen MR) is 318 cm³/mol. The van der Waals surface area contributed by atoms with Gasteiger partial charge in [0.25, 0.3) is 0 Å². The molecule has 0 radical (unpaired) electrons. The van der Waals surface area contributed by atoms with E-state index >= 15 is 0 Å². The van der Waals surface area contributed by atoms with Gasteiger partial charge in [0.05, 0.1) is 0 Å². The molecule has 410 valence electrons. The molecular weight excluding hydrogens is 851 g/mol. The van der Waals surface area contributed by atoms with E-state index in [-0.39, 0.29) is 0 Å². The van der Waals surface area contributed by atoms with Gasteiger partial charge in [0, 0.05) is 58.9 Å². The largest absolute Gasteiger partial charge is 0.311 e. The van der Waals surface area contributed by atoms with Crippen molar-refractivity contribution in [2.45, 2.75) is 314 Å². The van der Waals surface area contributed by atoms with Gasteiger partial charge in [-0.1, -0.05) is 231 Å². The van der Waals surface area contributed by atoms with Crippen molar-refractivity contribution >= 4 is 0 Å². The summed E-state index contributed by atoms with van der Waals surface area (Å²) in [5.41, 5.74) is 4.12. The monoisotopic (exact) mass is 976 g/mol. The van der Waals surface area contributed by atoms with Crippen molar-refractivity contribution in [2.75, 3.05) is 0 Å². The molecule has 2 aliphatic rings. The number of benzene rings is 2. The summed E-state index contributed by atoms with van der Waals surface area (Å²) in [6, 6.07) is 25.7. The van der Waals surface area contributed by atoms with Crippen LogP contribution >= 0.6 is 0 Å². The number of nitrogens with one attached hydrogen (secondary N) is 5. The van der Waals surface area contributed by atoms with E-state index in [1.54, 1.807) is 0 Å². The van der Waals surface area contributed by atoms with E-state index in [0.29, 0.717) is 58.9 Å². The van der Waals surface area contributed by atoms with Gasteiger partial charge in [0.15, 0.2) is 0 Å². The fourth-order valence-electron chi connectivity index (χ4n) is 12.0. The molecule has 0 saturated heterocycles. The highest BCUT2D eigenvalue weighted by Crippen LogP contribution is 2.36. The summed E-state index contributed by atoms with van der Waals surface area (Å²) in [6.07, 6.45) is 21.4. The van der Waals surface area contributed by atoms with Crippen LogP contribution < -0.4 is 26.6 Å². The van der Waals surface area contributed by atoms with Crippen LogP contribution in [-0.4, -0.2) is 58.9 Å². The van der Waals surface area contributed by atoms with Crippen LogP contribution in [0.5, 0.6) is 0 Å². The van der Waals surface area contributed by atoms with Crippen molar-refractivity contribution in [3.8, 4) is 0 Å². The second-order valence-corrected chi connectivity index (χ2v) is 26.6. The molecule has 2 atom stereocenters. The first-order valence-electron chi connectivity index (χ1n) is 29.5. The molecule has 70 heavy (non-hydrogen) atoms. The lowest BCUT2D eigenvalue weighted by molar-refractivity contribution is 0.180. The average Bonchev–Trinajstić information content (AvgIpc) is 3.63. The van der Waals surface area contributed by atoms with E-state index < -0.39 is 0 Å². The lowest BCUT2D eigenvalue weighted by Crippen LogP contribution is -2.50. The van der Waals surface area contributed by atoms with Gasteiger partial charge < -0.3 is 26.6 Å². The van der Waals surface area contributed by atoms with Gasteiger partial charge in [-0.3, -0.25) is 0 Å². The van der Waals surface area contributed by atoms with Crippen molar-refractivity contribution in [3.05, 3.63) is 71.8 Å². The Hall–Kier alpha value is -1.76. The molecule has 2 saturated carbocycles. The molecule has 2 aliphatic carbocycles. The van der Waals surface area contributed by atoms with Crippen LogP contribution in [0.25, 0.3) is 0 Å². The molecule has 5 heteroatoms. The molecule has 2 aromatic rings. The normalized spacial score (nSPS) is 16.6. The fourth-order valence-corrected chi connectivity index (χ4v) is 12.0. The maximum atomic E-state index is 3.83. The van der Waals surface area contributed by atoms with E-state index in [1.165, 1.54) is 101 Å². The Kier molecular flexibility index (Phi) is 36.1. The van der Waals surface area contributed by atoms with E-state index in [2.05, 4.69) is 240 Å². The minimum absolute atomic E-state index is 0.294. The lowest BCUT2D eigenvalue weighted by Gasteiger charge is -2.41. The van der Waals surface area contributed by atoms with Crippen LogP contribution in [0.15, 0.2) is 60.7 Å². The van der Waals surface area contributed by atoms with Gasteiger partial charge in [-0.05, 0) is 125 Å². The van der Waals surface area contributed by atoms with Gasteiger partial charge in [0.1, 0.15) is 0 Å². The molecule has 0 aliphatic heterocycles. The molecule has 5 nitrogen and oxygen atoms in total. The summed E-state index contributed by atoms with van der Waals surface area (Å²) in [6.45, 7) is 50.0. The van der Waals surface area contributed by atoms with Crippen molar-refractivity contribution < 1.29 is 0 Å². The highest BCUT2D eigenvalue weighted by Gasteiger charge is 2.34. The Balaban J connectivity index is 0.000000856. The highest BCUT2D eigenvalue weighted by atomic mass is 15.0. The lowest BCUT2D eigenvalue weighted by atomic mass is 9.76. The SMILES string of the molecule is CC(C)CC(C)(C)NC(C)C.CC(C)CC1(NC(C)C)CCCC1.CC(C)CC1(NC(C)C)CCCCC1.CC(C)C[C@@H](Cc1ccccc1)NC(C)C.CC(C)C[C@H](Cc1ccccc1)NC(C)C. The second kappa shape index (κ2) is 37.0. The molecule has 0 bridgehead atoms. The topological polar surface area (TPSA) is 60.1 Å². The second-order valence-electron chi connectivity index (χ2n) is 26.6. The predicted octanol–water partition coefficient (Wildman–Crippen LogP) is 17.2. The standard InChI is InChI=1S/2C15H25N.C13H27N.C12H25N.C10H23N/c2*1-12(2)10-15(16-13(3)4)11-14-8-6-5-7-9-14;1-11(2)10-13(14-12(3)4)8-6-5-7-9-13;1-10(2)9-12(13-11(3)4)7-5-6-8-12;1-8(2)7-10(5,6)11-9(3)4/h2*5-9,12-13,15-16H,10-11H2,1-4H3;11-12,14H,5-10H2,1-4H3;10-11,13H,5-9H2,1-4H3;8-9,11H,7H2,1-6H3/t2*15-;;;/m10.../s1. The maximum absolute atomic E-state index is 3.83. The zero-order valence-corrected chi connectivity index (χ0v) is 51.0. The Bertz CT molecular complexity index is 1340. The average molecular weight is 977 g/mol. The first-order chi connectivity index (χ1) is 32.6. The zero-order chi connectivity index (χ0) is 53.5. The van der Waals surface area contributed by atoms with Gasteiger partial charge in [-0.15, -0.1) is 0 Å². The van der Waals surface area contributed by atoms with Crippen LogP contribution in [0.1, 0.15) is 253 Å². The summed E-state index contributed by atoms with van der Waals surface area (Å²) in [7, 11) is 0. The van der Waals surface area contributed by atoms with E-state index in [9.17, 15) is 0 Å². The van der Waals surface area contributed by atoms with Crippen molar-refractivity contribution in [1.82, 2.24) is 26.6 Å². The van der Waals surface area contributed by atoms with E-state index in [0.717, 1.165) is 42.4 Å². The molecule has 5 N–H and O–H groups in total. The minimum Gasteiger partial charge on any atom is -0.311 e. The third-order valence-electron chi connectivity index (χ3n) is 13.1. The summed E-state index contributed by atoms with van der Waals surface area (Å²) < 4.78 is 0. The quantitative estimate of drug-likeness (QED) is 0.0726. The first-order valence-corrected chi connectivity index (χ1v) is 29.5. The Morgan fingerprint density at radius 1 is 0.400 bits per heavy atom. The number of hydrogen-bond acceptors (Lipinski definition) is 5. The number of hydrogen-bond donors (Lipinski definition) is 5. The van der Waals surface area contributed by atoms with E-state index in [1.807, 2.05) is 0 Å². The summed E-state index contributed by atoms with van der Waals surface area (Å²) in [4.78, 5) is 0. The van der Waals surface area contributed by atoms with Gasteiger partial charge in [-0.25, -0.2) is 0 Å². The Morgan fingerprint density at radius 2 is 0.729 bits per heavy atom.